The maximum Gasteiger partial charge on any atom is 0.134 e. The topological polar surface area (TPSA) is 17.1 Å². The Hall–Kier alpha value is -1.28. The Morgan fingerprint density at radius 1 is 1.11 bits per heavy atom. The monoisotopic (exact) mass is 270 g/mol. The van der Waals surface area contributed by atoms with Crippen molar-refractivity contribution in [2.45, 2.75) is 36.8 Å². The van der Waals surface area contributed by atoms with Crippen molar-refractivity contribution in [3.05, 3.63) is 42.5 Å². The molecule has 0 N–H and O–H groups in total. The fourth-order valence-corrected chi connectivity index (χ4v) is 4.13. The van der Waals surface area contributed by atoms with Gasteiger partial charge in [-0.1, -0.05) is 44.2 Å². The third kappa shape index (κ3) is 2.55. The van der Waals surface area contributed by atoms with Crippen LogP contribution in [0.5, 0.6) is 0 Å². The highest BCUT2D eigenvalue weighted by Crippen LogP contribution is 2.45. The van der Waals surface area contributed by atoms with Gasteiger partial charge in [0.2, 0.25) is 0 Å². The summed E-state index contributed by atoms with van der Waals surface area (Å²) >= 11 is 1.86. The van der Waals surface area contributed by atoms with E-state index in [1.54, 1.807) is 0 Å². The van der Waals surface area contributed by atoms with Gasteiger partial charge in [-0.05, 0) is 28.3 Å². The second-order valence-corrected chi connectivity index (χ2v) is 7.30. The van der Waals surface area contributed by atoms with Crippen LogP contribution in [0.2, 0.25) is 0 Å². The van der Waals surface area contributed by atoms with E-state index in [2.05, 4.69) is 56.3 Å². The Labute approximate surface area is 118 Å². The van der Waals surface area contributed by atoms with Gasteiger partial charge in [0, 0.05) is 23.0 Å². The molecule has 0 unspecified atom stereocenters. The van der Waals surface area contributed by atoms with E-state index in [1.807, 2.05) is 11.8 Å². The number of fused-ring (bicyclic) bond motifs is 1. The fraction of sp³-hybridized carbons (Fsp3) is 0.353. The summed E-state index contributed by atoms with van der Waals surface area (Å²) in [5.74, 6) is 0.406. The first-order valence-corrected chi connectivity index (χ1v) is 7.60. The molecule has 1 aliphatic carbocycles. The number of benzene rings is 2. The Kier molecular flexibility index (Phi) is 3.14. The van der Waals surface area contributed by atoms with Crippen LogP contribution >= 0.6 is 11.8 Å². The zero-order valence-electron chi connectivity index (χ0n) is 11.3. The molecule has 3 rings (SSSR count). The van der Waals surface area contributed by atoms with E-state index in [-0.39, 0.29) is 5.41 Å². The minimum absolute atomic E-state index is 0.118. The van der Waals surface area contributed by atoms with Gasteiger partial charge >= 0.3 is 0 Å². The quantitative estimate of drug-likeness (QED) is 0.787. The van der Waals surface area contributed by atoms with Crippen molar-refractivity contribution in [2.75, 3.05) is 0 Å². The predicted molar refractivity (Wildman–Crippen MR) is 81.6 cm³/mol. The van der Waals surface area contributed by atoms with E-state index in [9.17, 15) is 4.79 Å². The summed E-state index contributed by atoms with van der Waals surface area (Å²) in [5, 5.41) is 2.95. The van der Waals surface area contributed by atoms with Gasteiger partial charge in [-0.2, -0.15) is 0 Å². The van der Waals surface area contributed by atoms with E-state index in [0.717, 1.165) is 6.42 Å². The van der Waals surface area contributed by atoms with Crippen LogP contribution in [0, 0.1) is 5.41 Å². The molecule has 98 valence electrons. The highest BCUT2D eigenvalue weighted by atomic mass is 32.2. The third-order valence-electron chi connectivity index (χ3n) is 3.94. The zero-order chi connectivity index (χ0) is 13.5. The van der Waals surface area contributed by atoms with E-state index >= 15 is 0 Å². The lowest BCUT2D eigenvalue weighted by molar-refractivity contribution is -0.117. The van der Waals surface area contributed by atoms with E-state index in [1.165, 1.54) is 15.7 Å². The van der Waals surface area contributed by atoms with Gasteiger partial charge in [-0.25, -0.2) is 0 Å². The smallest absolute Gasteiger partial charge is 0.134 e. The van der Waals surface area contributed by atoms with Crippen molar-refractivity contribution in [2.24, 2.45) is 5.41 Å². The van der Waals surface area contributed by atoms with Crippen molar-refractivity contribution in [3.8, 4) is 0 Å². The molecule has 0 spiro atoms. The molecule has 19 heavy (non-hydrogen) atoms. The second kappa shape index (κ2) is 4.68. The van der Waals surface area contributed by atoms with E-state index in [4.69, 9.17) is 0 Å². The summed E-state index contributed by atoms with van der Waals surface area (Å²) in [6.45, 7) is 4.41. The van der Waals surface area contributed by atoms with Crippen LogP contribution in [-0.2, 0) is 4.79 Å². The predicted octanol–water partition coefficient (Wildman–Crippen LogP) is 4.69. The van der Waals surface area contributed by atoms with Gasteiger partial charge < -0.3 is 0 Å². The zero-order valence-corrected chi connectivity index (χ0v) is 12.2. The molecule has 0 saturated heterocycles. The maximum absolute atomic E-state index is 11.7. The standard InChI is InChI=1S/C17H18OS/c1-17(2)11-14(18)10-16(17)19-15-8-7-12-5-3-4-6-13(12)9-15/h3-9,16H,10-11H2,1-2H3/t16-/m0/s1. The molecule has 2 aromatic rings. The number of carbonyl (C=O) groups excluding carboxylic acids is 1. The Balaban J connectivity index is 1.87. The van der Waals surface area contributed by atoms with Gasteiger partial charge in [-0.3, -0.25) is 4.79 Å². The highest BCUT2D eigenvalue weighted by molar-refractivity contribution is 8.00. The summed E-state index contributed by atoms with van der Waals surface area (Å²) in [6, 6.07) is 15.0. The van der Waals surface area contributed by atoms with Crippen LogP contribution < -0.4 is 0 Å². The minimum atomic E-state index is 0.118. The molecule has 2 aromatic carbocycles. The number of carbonyl (C=O) groups is 1. The number of hydrogen-bond donors (Lipinski definition) is 0. The molecule has 1 fully saturated rings. The molecular formula is C17H18OS. The van der Waals surface area contributed by atoms with Crippen molar-refractivity contribution in [1.29, 1.82) is 0 Å². The van der Waals surface area contributed by atoms with Crippen molar-refractivity contribution in [1.82, 2.24) is 0 Å². The summed E-state index contributed by atoms with van der Waals surface area (Å²) < 4.78 is 0. The largest absolute Gasteiger partial charge is 0.300 e. The summed E-state index contributed by atoms with van der Waals surface area (Å²) in [5.41, 5.74) is 0.118. The lowest BCUT2D eigenvalue weighted by Crippen LogP contribution is -2.19. The second-order valence-electron chi connectivity index (χ2n) is 6.02. The molecule has 0 bridgehead atoms. The van der Waals surface area contributed by atoms with Crippen molar-refractivity contribution >= 4 is 28.3 Å². The average Bonchev–Trinajstić information content (AvgIpc) is 2.62. The number of Topliss-reactive ketones (excluding diaryl/α,β-unsaturated/α-hetero) is 1. The van der Waals surface area contributed by atoms with Crippen molar-refractivity contribution in [3.63, 3.8) is 0 Å². The number of rotatable bonds is 2. The molecule has 1 saturated carbocycles. The molecule has 0 aromatic heterocycles. The SMILES string of the molecule is CC1(C)CC(=O)C[C@@H]1Sc1ccc2ccccc2c1. The first-order chi connectivity index (χ1) is 9.04. The summed E-state index contributed by atoms with van der Waals surface area (Å²) in [7, 11) is 0. The van der Waals surface area contributed by atoms with E-state index in [0.29, 0.717) is 17.5 Å². The minimum Gasteiger partial charge on any atom is -0.300 e. The summed E-state index contributed by atoms with van der Waals surface area (Å²) in [4.78, 5) is 12.9. The molecule has 0 radical (unpaired) electrons. The molecule has 0 aliphatic heterocycles. The number of ketones is 1. The molecule has 2 heteroatoms. The molecule has 1 aliphatic rings. The lowest BCUT2D eigenvalue weighted by atomic mass is 9.91. The van der Waals surface area contributed by atoms with E-state index < -0.39 is 0 Å². The normalized spacial score (nSPS) is 22.0. The molecule has 1 nitrogen and oxygen atoms in total. The lowest BCUT2D eigenvalue weighted by Gasteiger charge is -2.25. The van der Waals surface area contributed by atoms with Crippen LogP contribution in [0.4, 0.5) is 0 Å². The Morgan fingerprint density at radius 2 is 1.84 bits per heavy atom. The highest BCUT2D eigenvalue weighted by Gasteiger charge is 2.40. The van der Waals surface area contributed by atoms with Crippen LogP contribution in [0.15, 0.2) is 47.4 Å². The summed E-state index contributed by atoms with van der Waals surface area (Å²) in [6.07, 6.45) is 1.43. The number of thioether (sulfide) groups is 1. The van der Waals surface area contributed by atoms with Gasteiger partial charge in [0.1, 0.15) is 5.78 Å². The van der Waals surface area contributed by atoms with Crippen LogP contribution in [0.3, 0.4) is 0 Å². The Bertz CT molecular complexity index is 630. The first-order valence-electron chi connectivity index (χ1n) is 6.72. The first kappa shape index (κ1) is 12.7. The van der Waals surface area contributed by atoms with Crippen molar-refractivity contribution < 1.29 is 4.79 Å². The molecular weight excluding hydrogens is 252 g/mol. The number of hydrogen-bond acceptors (Lipinski definition) is 2. The van der Waals surface area contributed by atoms with Gasteiger partial charge in [0.05, 0.1) is 0 Å². The average molecular weight is 270 g/mol. The van der Waals surface area contributed by atoms with Crippen LogP contribution in [0.1, 0.15) is 26.7 Å². The maximum atomic E-state index is 11.7. The van der Waals surface area contributed by atoms with Crippen LogP contribution in [0.25, 0.3) is 10.8 Å². The third-order valence-corrected chi connectivity index (χ3v) is 5.55. The Morgan fingerprint density at radius 3 is 2.53 bits per heavy atom. The van der Waals surface area contributed by atoms with Gasteiger partial charge in [0.15, 0.2) is 0 Å². The fourth-order valence-electron chi connectivity index (χ4n) is 2.78. The van der Waals surface area contributed by atoms with Gasteiger partial charge in [0.25, 0.3) is 0 Å². The molecule has 0 amide bonds. The molecule has 0 heterocycles. The molecule has 1 atom stereocenters. The van der Waals surface area contributed by atoms with Crippen LogP contribution in [-0.4, -0.2) is 11.0 Å². The van der Waals surface area contributed by atoms with Gasteiger partial charge in [-0.15, -0.1) is 11.8 Å².